The van der Waals surface area contributed by atoms with Crippen LogP contribution in [0.1, 0.15) is 32.7 Å². The van der Waals surface area contributed by atoms with Crippen LogP contribution in [0.15, 0.2) is 35.3 Å². The molecule has 3 aromatic rings. The van der Waals surface area contributed by atoms with Crippen LogP contribution in [-0.2, 0) is 19.5 Å². The molecule has 1 amide bonds. The summed E-state index contributed by atoms with van der Waals surface area (Å²) in [7, 11) is 2.04. The van der Waals surface area contributed by atoms with E-state index in [0.29, 0.717) is 22.1 Å². The first-order valence-corrected chi connectivity index (χ1v) is 8.77. The molecule has 27 heavy (non-hydrogen) atoms. The van der Waals surface area contributed by atoms with Gasteiger partial charge in [-0.2, -0.15) is 5.26 Å². The summed E-state index contributed by atoms with van der Waals surface area (Å²) in [6.07, 6.45) is 2.45. The molecule has 1 aromatic carbocycles. The highest BCUT2D eigenvalue weighted by atomic mass is 16.1. The highest BCUT2D eigenvalue weighted by molar-refractivity contribution is 5.99. The van der Waals surface area contributed by atoms with Crippen molar-refractivity contribution in [2.75, 3.05) is 13.6 Å². The topological polar surface area (TPSA) is 105 Å². The molecule has 0 saturated heterocycles. The molecule has 0 atom stereocenters. The minimum Gasteiger partial charge on any atom is -0.360 e. The fourth-order valence-corrected chi connectivity index (χ4v) is 3.46. The molecule has 0 radical (unpaired) electrons. The van der Waals surface area contributed by atoms with Gasteiger partial charge in [0, 0.05) is 60.0 Å². The van der Waals surface area contributed by atoms with Crippen molar-refractivity contribution in [1.29, 1.82) is 5.26 Å². The van der Waals surface area contributed by atoms with Crippen LogP contribution in [0.3, 0.4) is 0 Å². The van der Waals surface area contributed by atoms with E-state index in [2.05, 4.69) is 26.3 Å². The summed E-state index contributed by atoms with van der Waals surface area (Å²) >= 11 is 0. The summed E-state index contributed by atoms with van der Waals surface area (Å²) < 4.78 is 0. The number of nitrogens with one attached hydrogen (secondary N) is 3. The highest BCUT2D eigenvalue weighted by Crippen LogP contribution is 2.19. The molecule has 136 valence electrons. The molecule has 0 fully saturated rings. The average Bonchev–Trinajstić information content (AvgIpc) is 3.08. The Labute approximate surface area is 155 Å². The van der Waals surface area contributed by atoms with E-state index < -0.39 is 0 Å². The Morgan fingerprint density at radius 2 is 2.22 bits per heavy atom. The number of likely N-dealkylation sites (N-methyl/N-ethyl adjacent to an activating group) is 1. The van der Waals surface area contributed by atoms with Gasteiger partial charge in [0.1, 0.15) is 6.07 Å². The van der Waals surface area contributed by atoms with Gasteiger partial charge < -0.3 is 20.2 Å². The number of carbonyl (C=O) groups is 1. The highest BCUT2D eigenvalue weighted by Gasteiger charge is 2.16. The first-order valence-electron chi connectivity index (χ1n) is 8.77. The van der Waals surface area contributed by atoms with Gasteiger partial charge in [-0.15, -0.1) is 0 Å². The summed E-state index contributed by atoms with van der Waals surface area (Å²) in [6.45, 7) is 1.86. The number of fused-ring (bicyclic) bond motifs is 2. The maximum Gasteiger partial charge on any atom is 0.253 e. The monoisotopic (exact) mass is 361 g/mol. The number of amides is 1. The van der Waals surface area contributed by atoms with Crippen molar-refractivity contribution in [3.8, 4) is 6.07 Å². The molecule has 7 nitrogen and oxygen atoms in total. The fourth-order valence-electron chi connectivity index (χ4n) is 3.46. The number of aromatic amines is 2. The van der Waals surface area contributed by atoms with Crippen LogP contribution in [0.5, 0.6) is 0 Å². The van der Waals surface area contributed by atoms with Gasteiger partial charge in [0.2, 0.25) is 0 Å². The normalized spacial score (nSPS) is 13.9. The molecule has 1 aliphatic heterocycles. The van der Waals surface area contributed by atoms with Crippen LogP contribution < -0.4 is 10.9 Å². The number of rotatable bonds is 3. The van der Waals surface area contributed by atoms with Crippen LogP contribution in [-0.4, -0.2) is 34.4 Å². The van der Waals surface area contributed by atoms with Crippen molar-refractivity contribution in [3.05, 3.63) is 68.8 Å². The Hall–Kier alpha value is -3.37. The summed E-state index contributed by atoms with van der Waals surface area (Å²) in [5, 5.41) is 12.7. The van der Waals surface area contributed by atoms with Crippen molar-refractivity contribution >= 4 is 16.8 Å². The molecule has 0 saturated carbocycles. The lowest BCUT2D eigenvalue weighted by atomic mass is 10.0. The Balaban J connectivity index is 1.54. The summed E-state index contributed by atoms with van der Waals surface area (Å²) in [5.74, 6) is -0.281. The number of aromatic nitrogens is 2. The molecule has 1 aliphatic rings. The SMILES string of the molecule is CN1CCc2[nH]c(=O)c(CNC(=O)c3ccc4[nH]cc(C#N)c4c3)cc2C1. The number of H-pyrrole nitrogens is 2. The van der Waals surface area contributed by atoms with E-state index in [1.165, 1.54) is 0 Å². The number of pyridine rings is 1. The van der Waals surface area contributed by atoms with E-state index in [4.69, 9.17) is 5.26 Å². The quantitative estimate of drug-likeness (QED) is 0.660. The van der Waals surface area contributed by atoms with E-state index in [9.17, 15) is 9.59 Å². The first-order chi connectivity index (χ1) is 13.0. The molecule has 0 aliphatic carbocycles. The number of nitrogens with zero attached hydrogens (tertiary/aromatic N) is 2. The number of nitriles is 1. The van der Waals surface area contributed by atoms with Gasteiger partial charge in [-0.25, -0.2) is 0 Å². The zero-order chi connectivity index (χ0) is 19.0. The second-order valence-corrected chi connectivity index (χ2v) is 6.87. The maximum atomic E-state index is 12.5. The van der Waals surface area contributed by atoms with E-state index in [1.807, 2.05) is 13.1 Å². The molecular formula is C20H19N5O2. The molecule has 0 unspecified atom stereocenters. The van der Waals surface area contributed by atoms with Crippen LogP contribution in [0.2, 0.25) is 0 Å². The zero-order valence-electron chi connectivity index (χ0n) is 14.9. The fraction of sp³-hybridized carbons (Fsp3) is 0.250. The second kappa shape index (κ2) is 6.74. The van der Waals surface area contributed by atoms with E-state index in [1.54, 1.807) is 24.4 Å². The predicted molar refractivity (Wildman–Crippen MR) is 101 cm³/mol. The molecule has 2 aromatic heterocycles. The van der Waals surface area contributed by atoms with Gasteiger partial charge >= 0.3 is 0 Å². The van der Waals surface area contributed by atoms with E-state index in [-0.39, 0.29) is 18.0 Å². The maximum absolute atomic E-state index is 12.5. The lowest BCUT2D eigenvalue weighted by molar-refractivity contribution is 0.0951. The third-order valence-corrected chi connectivity index (χ3v) is 4.98. The lowest BCUT2D eigenvalue weighted by Crippen LogP contribution is -2.32. The van der Waals surface area contributed by atoms with Crippen LogP contribution in [0.4, 0.5) is 0 Å². The standard InChI is InChI=1S/C20H19N5O2/c1-25-5-4-17-14(11-25)6-13(20(27)24-17)9-23-19(26)12-2-3-18-16(7-12)15(8-21)10-22-18/h2-3,6-7,10,22H,4-5,9,11H2,1H3,(H,23,26)(H,24,27). The first kappa shape index (κ1) is 17.1. The van der Waals surface area contributed by atoms with Crippen molar-refractivity contribution in [2.24, 2.45) is 0 Å². The van der Waals surface area contributed by atoms with E-state index in [0.717, 1.165) is 36.3 Å². The van der Waals surface area contributed by atoms with Gasteiger partial charge in [0.25, 0.3) is 11.5 Å². The van der Waals surface area contributed by atoms with Gasteiger partial charge in [0.05, 0.1) is 5.56 Å². The van der Waals surface area contributed by atoms with E-state index >= 15 is 0 Å². The smallest absolute Gasteiger partial charge is 0.253 e. The van der Waals surface area contributed by atoms with Gasteiger partial charge in [-0.05, 0) is 36.9 Å². The largest absolute Gasteiger partial charge is 0.360 e. The Morgan fingerprint density at radius 3 is 3.04 bits per heavy atom. The third-order valence-electron chi connectivity index (χ3n) is 4.98. The average molecular weight is 361 g/mol. The van der Waals surface area contributed by atoms with Crippen LogP contribution in [0.25, 0.3) is 10.9 Å². The van der Waals surface area contributed by atoms with Gasteiger partial charge in [0.15, 0.2) is 0 Å². The number of hydrogen-bond donors (Lipinski definition) is 3. The second-order valence-electron chi connectivity index (χ2n) is 6.87. The lowest BCUT2D eigenvalue weighted by Gasteiger charge is -2.24. The minimum absolute atomic E-state index is 0.154. The summed E-state index contributed by atoms with van der Waals surface area (Å²) in [5.41, 5.74) is 4.21. The molecule has 4 rings (SSSR count). The van der Waals surface area contributed by atoms with Crippen molar-refractivity contribution in [2.45, 2.75) is 19.5 Å². The number of hydrogen-bond acceptors (Lipinski definition) is 4. The van der Waals surface area contributed by atoms with Gasteiger partial charge in [-0.3, -0.25) is 9.59 Å². The van der Waals surface area contributed by atoms with Crippen molar-refractivity contribution < 1.29 is 4.79 Å². The summed E-state index contributed by atoms with van der Waals surface area (Å²) in [6, 6.07) is 9.14. The molecule has 0 spiro atoms. The predicted octanol–water partition coefficient (Wildman–Crippen LogP) is 1.65. The summed E-state index contributed by atoms with van der Waals surface area (Å²) in [4.78, 5) is 32.9. The Kier molecular flexibility index (Phi) is 4.26. The minimum atomic E-state index is -0.281. The molecular weight excluding hydrogens is 342 g/mol. The number of carbonyl (C=O) groups excluding carboxylic acids is 1. The van der Waals surface area contributed by atoms with Crippen LogP contribution in [0, 0.1) is 11.3 Å². The number of benzene rings is 1. The molecule has 7 heteroatoms. The molecule has 0 bridgehead atoms. The zero-order valence-corrected chi connectivity index (χ0v) is 14.9. The third kappa shape index (κ3) is 3.23. The van der Waals surface area contributed by atoms with Gasteiger partial charge in [-0.1, -0.05) is 0 Å². The molecule has 3 heterocycles. The van der Waals surface area contributed by atoms with Crippen LogP contribution >= 0.6 is 0 Å². The van der Waals surface area contributed by atoms with Crippen molar-refractivity contribution in [3.63, 3.8) is 0 Å². The van der Waals surface area contributed by atoms with Crippen molar-refractivity contribution in [1.82, 2.24) is 20.2 Å². The Morgan fingerprint density at radius 1 is 1.37 bits per heavy atom. The molecule has 3 N–H and O–H groups in total. The Bertz CT molecular complexity index is 1140.